The van der Waals surface area contributed by atoms with Crippen molar-refractivity contribution in [1.29, 1.82) is 0 Å². The van der Waals surface area contributed by atoms with Gasteiger partial charge in [0.05, 0.1) is 11.1 Å². The Hall–Kier alpha value is -2.37. The summed E-state index contributed by atoms with van der Waals surface area (Å²) in [4.78, 5) is 26.7. The van der Waals surface area contributed by atoms with Crippen molar-refractivity contribution < 1.29 is 45.4 Å². The Morgan fingerprint density at radius 1 is 1.16 bits per heavy atom. The number of carbonyl (C=O) groups is 2. The van der Waals surface area contributed by atoms with E-state index in [-0.39, 0.29) is 25.6 Å². The highest BCUT2D eigenvalue weighted by Crippen LogP contribution is 2.34. The molecular weight excluding hydrogens is 437 g/mol. The van der Waals surface area contributed by atoms with Gasteiger partial charge < -0.3 is 14.9 Å². The number of hydrogen-bond donors (Lipinski definition) is 1. The molecule has 1 fully saturated rings. The van der Waals surface area contributed by atoms with Gasteiger partial charge in [-0.3, -0.25) is 9.59 Å². The first kappa shape index (κ1) is 24.9. The maximum Gasteiger partial charge on any atom is 0.426 e. The van der Waals surface area contributed by atoms with Crippen molar-refractivity contribution in [2.75, 3.05) is 20.1 Å². The van der Waals surface area contributed by atoms with Gasteiger partial charge in [-0.1, -0.05) is 6.92 Å². The Bertz CT molecular complexity index is 852. The van der Waals surface area contributed by atoms with Crippen molar-refractivity contribution in [3.8, 4) is 0 Å². The minimum atomic E-state index is -5.17. The summed E-state index contributed by atoms with van der Waals surface area (Å²) in [5, 5.41) is 9.58. The molecule has 0 spiro atoms. The van der Waals surface area contributed by atoms with Crippen LogP contribution in [0.25, 0.3) is 0 Å². The number of hydrogen-bond acceptors (Lipinski definition) is 3. The normalized spacial score (nSPS) is 22.1. The summed E-state index contributed by atoms with van der Waals surface area (Å²) in [5.74, 6) is -4.32. The molecule has 0 aliphatic carbocycles. The van der Waals surface area contributed by atoms with Crippen LogP contribution in [0.3, 0.4) is 0 Å². The Labute approximate surface area is 173 Å². The van der Waals surface area contributed by atoms with Gasteiger partial charge in [0.1, 0.15) is 5.82 Å². The number of nitrogens with zero attached hydrogens (tertiary/aromatic N) is 2. The lowest BCUT2D eigenvalue weighted by atomic mass is 9.90. The lowest BCUT2D eigenvalue weighted by Gasteiger charge is -2.43. The summed E-state index contributed by atoms with van der Waals surface area (Å²) in [6.07, 6.45) is -9.91. The topological polar surface area (TPSA) is 60.9 Å². The standard InChI is InChI=1S/C19H21F7N2O3/c1-10-9-28(16(30)17(2,31)19(24,25)26)7-6-14(10)27(3)15(29)12-5-4-11(8-13(12)20)18(21,22)23/h4-5,8,10,14,31H,6-7,9H2,1-3H3. The highest BCUT2D eigenvalue weighted by molar-refractivity contribution is 5.94. The average molecular weight is 458 g/mol. The van der Waals surface area contributed by atoms with Crippen molar-refractivity contribution in [3.63, 3.8) is 0 Å². The van der Waals surface area contributed by atoms with Crippen LogP contribution in [0.15, 0.2) is 18.2 Å². The Morgan fingerprint density at radius 3 is 2.19 bits per heavy atom. The molecule has 12 heteroatoms. The van der Waals surface area contributed by atoms with E-state index in [0.29, 0.717) is 13.0 Å². The highest BCUT2D eigenvalue weighted by Gasteiger charge is 2.57. The number of carbonyl (C=O) groups excluding carboxylic acids is 2. The van der Waals surface area contributed by atoms with E-state index in [1.807, 2.05) is 0 Å². The van der Waals surface area contributed by atoms with Crippen molar-refractivity contribution in [1.82, 2.24) is 9.80 Å². The molecule has 3 unspecified atom stereocenters. The predicted molar refractivity (Wildman–Crippen MR) is 94.3 cm³/mol. The zero-order valence-electron chi connectivity index (χ0n) is 16.8. The number of piperidine rings is 1. The fourth-order valence-corrected chi connectivity index (χ4v) is 3.53. The molecular formula is C19H21F7N2O3. The molecule has 3 atom stereocenters. The molecule has 1 aliphatic rings. The minimum absolute atomic E-state index is 0.0331. The van der Waals surface area contributed by atoms with Gasteiger partial charge in [-0.05, 0) is 37.5 Å². The number of amides is 2. The zero-order valence-corrected chi connectivity index (χ0v) is 16.8. The molecule has 1 N–H and O–H groups in total. The van der Waals surface area contributed by atoms with Crippen LogP contribution in [0.2, 0.25) is 0 Å². The number of likely N-dealkylation sites (tertiary alicyclic amines) is 1. The van der Waals surface area contributed by atoms with Crippen LogP contribution in [-0.2, 0) is 11.0 Å². The maximum atomic E-state index is 14.1. The predicted octanol–water partition coefficient (Wildman–Crippen LogP) is 3.47. The lowest BCUT2D eigenvalue weighted by Crippen LogP contribution is -2.60. The molecule has 0 aromatic heterocycles. The van der Waals surface area contributed by atoms with Gasteiger partial charge in [0, 0.05) is 26.2 Å². The zero-order chi connectivity index (χ0) is 23.9. The highest BCUT2D eigenvalue weighted by atomic mass is 19.4. The molecule has 2 rings (SSSR count). The molecule has 0 bridgehead atoms. The van der Waals surface area contributed by atoms with Crippen LogP contribution in [0, 0.1) is 11.7 Å². The van der Waals surface area contributed by atoms with Gasteiger partial charge in [-0.2, -0.15) is 26.3 Å². The van der Waals surface area contributed by atoms with Gasteiger partial charge in [-0.25, -0.2) is 4.39 Å². The molecule has 0 radical (unpaired) electrons. The third kappa shape index (κ3) is 4.94. The summed E-state index contributed by atoms with van der Waals surface area (Å²) >= 11 is 0. The number of rotatable bonds is 3. The van der Waals surface area contributed by atoms with Gasteiger partial charge in [-0.15, -0.1) is 0 Å². The molecule has 1 aromatic carbocycles. The van der Waals surface area contributed by atoms with Gasteiger partial charge in [0.15, 0.2) is 0 Å². The molecule has 31 heavy (non-hydrogen) atoms. The van der Waals surface area contributed by atoms with E-state index in [0.717, 1.165) is 15.9 Å². The SMILES string of the molecule is CC1CN(C(=O)C(C)(O)C(F)(F)F)CCC1N(C)C(=O)c1ccc(C(F)(F)F)cc1F. The van der Waals surface area contributed by atoms with E-state index >= 15 is 0 Å². The monoisotopic (exact) mass is 458 g/mol. The summed E-state index contributed by atoms with van der Waals surface area (Å²) in [6, 6.07) is 0.897. The van der Waals surface area contributed by atoms with Crippen LogP contribution in [-0.4, -0.2) is 64.7 Å². The molecule has 1 aliphatic heterocycles. The first-order valence-electron chi connectivity index (χ1n) is 9.21. The van der Waals surface area contributed by atoms with E-state index in [4.69, 9.17) is 0 Å². The molecule has 1 heterocycles. The van der Waals surface area contributed by atoms with Crippen LogP contribution in [0.5, 0.6) is 0 Å². The minimum Gasteiger partial charge on any atom is -0.373 e. The van der Waals surface area contributed by atoms with Gasteiger partial charge >= 0.3 is 12.4 Å². The second kappa shape index (κ2) is 8.29. The fourth-order valence-electron chi connectivity index (χ4n) is 3.53. The summed E-state index contributed by atoms with van der Waals surface area (Å²) < 4.78 is 90.9. The Kier molecular flexibility index (Phi) is 6.65. The van der Waals surface area contributed by atoms with E-state index in [2.05, 4.69) is 0 Å². The number of benzene rings is 1. The maximum absolute atomic E-state index is 14.1. The van der Waals surface area contributed by atoms with Crippen LogP contribution >= 0.6 is 0 Å². The quantitative estimate of drug-likeness (QED) is 0.706. The summed E-state index contributed by atoms with van der Waals surface area (Å²) in [7, 11) is 1.30. The number of halogens is 7. The van der Waals surface area contributed by atoms with Crippen LogP contribution < -0.4 is 0 Å². The Morgan fingerprint density at radius 2 is 1.74 bits per heavy atom. The molecule has 5 nitrogen and oxygen atoms in total. The molecule has 2 amide bonds. The fraction of sp³-hybridized carbons (Fsp3) is 0.579. The van der Waals surface area contributed by atoms with E-state index in [1.54, 1.807) is 6.92 Å². The number of alkyl halides is 6. The molecule has 1 aromatic rings. The van der Waals surface area contributed by atoms with E-state index in [9.17, 15) is 45.4 Å². The Balaban J connectivity index is 2.14. The third-order valence-electron chi connectivity index (χ3n) is 5.46. The van der Waals surface area contributed by atoms with Crippen molar-refractivity contribution in [2.24, 2.45) is 5.92 Å². The first-order chi connectivity index (χ1) is 14.0. The second-order valence-electron chi connectivity index (χ2n) is 7.76. The third-order valence-corrected chi connectivity index (χ3v) is 5.46. The van der Waals surface area contributed by atoms with Crippen molar-refractivity contribution in [2.45, 2.75) is 44.3 Å². The van der Waals surface area contributed by atoms with Gasteiger partial charge in [0.2, 0.25) is 5.60 Å². The molecule has 174 valence electrons. The van der Waals surface area contributed by atoms with Crippen LogP contribution in [0.4, 0.5) is 30.7 Å². The summed E-state index contributed by atoms with van der Waals surface area (Å²) in [5.41, 5.74) is -5.40. The van der Waals surface area contributed by atoms with Crippen LogP contribution in [0.1, 0.15) is 36.2 Å². The largest absolute Gasteiger partial charge is 0.426 e. The molecule has 0 saturated carbocycles. The van der Waals surface area contributed by atoms with Crippen molar-refractivity contribution in [3.05, 3.63) is 35.1 Å². The first-order valence-corrected chi connectivity index (χ1v) is 9.21. The van der Waals surface area contributed by atoms with E-state index in [1.165, 1.54) is 7.05 Å². The average Bonchev–Trinajstić information content (AvgIpc) is 2.64. The molecule has 1 saturated heterocycles. The van der Waals surface area contributed by atoms with Crippen molar-refractivity contribution >= 4 is 11.8 Å². The van der Waals surface area contributed by atoms with E-state index < -0.39 is 58.7 Å². The lowest BCUT2D eigenvalue weighted by molar-refractivity contribution is -0.251. The number of aliphatic hydroxyl groups is 1. The smallest absolute Gasteiger partial charge is 0.373 e. The second-order valence-corrected chi connectivity index (χ2v) is 7.76. The summed E-state index contributed by atoms with van der Waals surface area (Å²) in [6.45, 7) is 1.50. The van der Waals surface area contributed by atoms with Gasteiger partial charge in [0.25, 0.3) is 11.8 Å².